The minimum Gasteiger partial charge on any atom is -0.481 e. The third-order valence-electron chi connectivity index (χ3n) is 8.89. The lowest BCUT2D eigenvalue weighted by Gasteiger charge is -2.16. The van der Waals surface area contributed by atoms with Gasteiger partial charge in [-0.1, -0.05) is 13.8 Å². The van der Waals surface area contributed by atoms with Gasteiger partial charge in [0.05, 0.1) is 11.4 Å². The Hall–Kier alpha value is -4.20. The molecule has 2 aliphatic heterocycles. The van der Waals surface area contributed by atoms with Crippen LogP contribution >= 0.6 is 0 Å². The molecule has 5 heterocycles. The lowest BCUT2D eigenvalue weighted by Crippen LogP contribution is -2.07. The molecule has 0 radical (unpaired) electrons. The molecule has 0 saturated heterocycles. The normalized spacial score (nSPS) is 17.4. The van der Waals surface area contributed by atoms with Gasteiger partial charge in [0.25, 0.3) is 0 Å². The molecule has 3 aromatic rings. The third kappa shape index (κ3) is 5.26. The fourth-order valence-corrected chi connectivity index (χ4v) is 6.52. The summed E-state index contributed by atoms with van der Waals surface area (Å²) >= 11 is 0. The number of nitrogens with zero attached hydrogens (tertiary/aromatic N) is 2. The van der Waals surface area contributed by atoms with Crippen molar-refractivity contribution < 1.29 is 19.4 Å². The van der Waals surface area contributed by atoms with Crippen molar-refractivity contribution >= 4 is 45.2 Å². The molecular formula is C34H40N4O4. The topological polar surface area (TPSA) is 121 Å². The Balaban J connectivity index is 1.91. The summed E-state index contributed by atoms with van der Waals surface area (Å²) in [6, 6.07) is 8.37. The minimum absolute atomic E-state index is 0.0183. The highest BCUT2D eigenvalue weighted by Crippen LogP contribution is 2.42. The molecule has 3 atom stereocenters. The molecule has 8 heteroatoms. The van der Waals surface area contributed by atoms with Crippen molar-refractivity contribution in [3.8, 4) is 0 Å². The van der Waals surface area contributed by atoms with Gasteiger partial charge >= 0.3 is 11.9 Å². The Morgan fingerprint density at radius 1 is 0.952 bits per heavy atom. The van der Waals surface area contributed by atoms with E-state index in [9.17, 15) is 14.7 Å². The summed E-state index contributed by atoms with van der Waals surface area (Å²) in [6.07, 6.45) is 0.948. The number of carboxylic acid groups (broad SMARTS) is 1. The Morgan fingerprint density at radius 2 is 1.62 bits per heavy atom. The van der Waals surface area contributed by atoms with Gasteiger partial charge in [0.1, 0.15) is 6.10 Å². The molecule has 42 heavy (non-hydrogen) atoms. The van der Waals surface area contributed by atoms with Crippen molar-refractivity contribution in [3.05, 3.63) is 69.3 Å². The average Bonchev–Trinajstić information content (AvgIpc) is 3.61. The lowest BCUT2D eigenvalue weighted by atomic mass is 9.86. The summed E-state index contributed by atoms with van der Waals surface area (Å²) in [5, 5.41) is 9.50. The number of carbonyl (C=O) groups excluding carboxylic acids is 1. The number of carboxylic acids is 1. The van der Waals surface area contributed by atoms with Crippen LogP contribution in [0.15, 0.2) is 24.3 Å². The second-order valence-electron chi connectivity index (χ2n) is 11.7. The van der Waals surface area contributed by atoms with Gasteiger partial charge in [-0.2, -0.15) is 0 Å². The first kappa shape index (κ1) is 29.3. The Kier molecular flexibility index (Phi) is 7.84. The molecule has 0 aromatic carbocycles. The molecular weight excluding hydrogens is 528 g/mol. The predicted octanol–water partition coefficient (Wildman–Crippen LogP) is 7.96. The number of carbonyl (C=O) groups is 2. The molecule has 2 aliphatic rings. The SMILES string of the molecule is CCC1=C(C)c2cc3[nH]c(cc4nc(c(C)c5cc(C)c(cc1n2)[nH]5)[C@@H](CCC(=O)O)[C@@H]4C)c(C)c3C(C)OC(C)=O. The van der Waals surface area contributed by atoms with Gasteiger partial charge in [0.15, 0.2) is 0 Å². The smallest absolute Gasteiger partial charge is 0.303 e. The summed E-state index contributed by atoms with van der Waals surface area (Å²) in [5.41, 5.74) is 13.6. The maximum Gasteiger partial charge on any atom is 0.303 e. The van der Waals surface area contributed by atoms with Crippen LogP contribution < -0.4 is 0 Å². The first-order valence-electron chi connectivity index (χ1n) is 14.7. The number of hydrogen-bond acceptors (Lipinski definition) is 5. The van der Waals surface area contributed by atoms with E-state index < -0.39 is 12.1 Å². The largest absolute Gasteiger partial charge is 0.481 e. The van der Waals surface area contributed by atoms with Gasteiger partial charge in [-0.3, -0.25) is 14.6 Å². The third-order valence-corrected chi connectivity index (χ3v) is 8.89. The second kappa shape index (κ2) is 11.2. The van der Waals surface area contributed by atoms with E-state index in [2.05, 4.69) is 68.9 Å². The maximum absolute atomic E-state index is 11.9. The van der Waals surface area contributed by atoms with Crippen LogP contribution in [0.2, 0.25) is 0 Å². The lowest BCUT2D eigenvalue weighted by molar-refractivity contribution is -0.145. The molecule has 0 spiro atoms. The van der Waals surface area contributed by atoms with E-state index in [4.69, 9.17) is 14.7 Å². The number of aromatic amines is 2. The van der Waals surface area contributed by atoms with Crippen LogP contribution in [0, 0.1) is 20.8 Å². The average molecular weight is 569 g/mol. The number of aryl methyl sites for hydroxylation is 3. The van der Waals surface area contributed by atoms with E-state index in [1.807, 2.05) is 13.8 Å². The zero-order valence-corrected chi connectivity index (χ0v) is 25.7. The van der Waals surface area contributed by atoms with Crippen LogP contribution in [-0.2, 0) is 14.3 Å². The number of aliphatic carboxylic acids is 1. The van der Waals surface area contributed by atoms with Crippen molar-refractivity contribution in [1.29, 1.82) is 0 Å². The molecule has 1 unspecified atom stereocenters. The number of aromatic nitrogens is 4. The molecule has 3 N–H and O–H groups in total. The van der Waals surface area contributed by atoms with Crippen LogP contribution in [-0.4, -0.2) is 37.0 Å². The molecule has 8 nitrogen and oxygen atoms in total. The summed E-state index contributed by atoms with van der Waals surface area (Å²) in [7, 11) is 0. The highest BCUT2D eigenvalue weighted by atomic mass is 16.5. The maximum atomic E-state index is 11.9. The summed E-state index contributed by atoms with van der Waals surface area (Å²) < 4.78 is 5.66. The van der Waals surface area contributed by atoms with Gasteiger partial charge < -0.3 is 19.8 Å². The molecule has 0 fully saturated rings. The number of nitrogens with one attached hydrogen (secondary N) is 2. The Morgan fingerprint density at radius 3 is 2.29 bits per heavy atom. The first-order valence-corrected chi connectivity index (χ1v) is 14.7. The quantitative estimate of drug-likeness (QED) is 0.259. The monoisotopic (exact) mass is 568 g/mol. The van der Waals surface area contributed by atoms with Crippen molar-refractivity contribution in [1.82, 2.24) is 19.9 Å². The van der Waals surface area contributed by atoms with Crippen molar-refractivity contribution in [2.24, 2.45) is 0 Å². The van der Waals surface area contributed by atoms with Crippen LogP contribution in [0.4, 0.5) is 0 Å². The van der Waals surface area contributed by atoms with E-state index in [0.29, 0.717) is 6.42 Å². The van der Waals surface area contributed by atoms with Crippen molar-refractivity contribution in [2.45, 2.75) is 92.6 Å². The number of allylic oxidation sites excluding steroid dienone is 2. The molecule has 0 saturated carbocycles. The fraction of sp³-hybridized carbons (Fsp3) is 0.412. The summed E-state index contributed by atoms with van der Waals surface area (Å²) in [6.45, 7) is 15.8. The van der Waals surface area contributed by atoms with Gasteiger partial charge in [-0.15, -0.1) is 0 Å². The van der Waals surface area contributed by atoms with Crippen LogP contribution in [0.3, 0.4) is 0 Å². The van der Waals surface area contributed by atoms with E-state index in [-0.39, 0.29) is 24.2 Å². The number of esters is 1. The summed E-state index contributed by atoms with van der Waals surface area (Å²) in [4.78, 5) is 40.9. The molecule has 3 aromatic heterocycles. The first-order chi connectivity index (χ1) is 19.9. The summed E-state index contributed by atoms with van der Waals surface area (Å²) in [5.74, 6) is -1.17. The van der Waals surface area contributed by atoms with Gasteiger partial charge in [0.2, 0.25) is 0 Å². The van der Waals surface area contributed by atoms with Gasteiger partial charge in [0, 0.05) is 64.2 Å². The van der Waals surface area contributed by atoms with Crippen LogP contribution in [0.25, 0.3) is 33.2 Å². The molecule has 8 bridgehead atoms. The second-order valence-corrected chi connectivity index (χ2v) is 11.7. The zero-order valence-electron chi connectivity index (χ0n) is 25.7. The van der Waals surface area contributed by atoms with Gasteiger partial charge in [-0.05, 0) is 99.6 Å². The molecule has 0 aliphatic carbocycles. The van der Waals surface area contributed by atoms with Crippen LogP contribution in [0.5, 0.6) is 0 Å². The van der Waals surface area contributed by atoms with E-state index >= 15 is 0 Å². The van der Waals surface area contributed by atoms with Crippen molar-refractivity contribution in [2.75, 3.05) is 0 Å². The Bertz CT molecular complexity index is 1790. The number of hydrogen-bond donors (Lipinski definition) is 3. The van der Waals surface area contributed by atoms with Crippen molar-refractivity contribution in [3.63, 3.8) is 0 Å². The van der Waals surface area contributed by atoms with Crippen LogP contribution in [0.1, 0.15) is 117 Å². The predicted molar refractivity (Wildman–Crippen MR) is 166 cm³/mol. The van der Waals surface area contributed by atoms with Gasteiger partial charge in [-0.25, -0.2) is 4.98 Å². The van der Waals surface area contributed by atoms with E-state index in [1.165, 1.54) is 12.5 Å². The standard InChI is InChI=1S/C34H40N4O4/c1-9-23-17(3)27-15-31-33(21(7)42-22(8)39)19(5)29(37-31)14-28-18(4)24(10-11-32(40)41)34(38-28)20(6)26-12-16(2)25(35-26)13-30(23)36-27/h12-15,18,21,24,35,37H,9-11H2,1-8H3,(H,40,41)/t18-,21?,24-/m0/s1. The molecule has 220 valence electrons. The molecule has 5 rings (SSSR count). The number of rotatable bonds is 6. The highest BCUT2D eigenvalue weighted by Gasteiger charge is 2.31. The molecule has 0 amide bonds. The fourth-order valence-electron chi connectivity index (χ4n) is 6.52. The number of fused-ring (bicyclic) bond motifs is 8. The zero-order chi connectivity index (χ0) is 30.5. The number of ether oxygens (including phenoxy) is 1. The van der Waals surface area contributed by atoms with E-state index in [1.54, 1.807) is 0 Å². The highest BCUT2D eigenvalue weighted by molar-refractivity contribution is 5.93. The Labute approximate surface area is 246 Å². The minimum atomic E-state index is -0.810. The van der Waals surface area contributed by atoms with E-state index in [0.717, 1.165) is 79.1 Å². The number of H-pyrrole nitrogens is 2.